The van der Waals surface area contributed by atoms with E-state index in [4.69, 9.17) is 15.2 Å². The lowest BCUT2D eigenvalue weighted by Crippen LogP contribution is -2.47. The highest BCUT2D eigenvalue weighted by molar-refractivity contribution is 4.88. The van der Waals surface area contributed by atoms with E-state index in [9.17, 15) is 0 Å². The van der Waals surface area contributed by atoms with E-state index in [1.807, 2.05) is 0 Å². The molecule has 0 bridgehead atoms. The van der Waals surface area contributed by atoms with E-state index < -0.39 is 0 Å². The van der Waals surface area contributed by atoms with Crippen LogP contribution in [-0.4, -0.2) is 57.5 Å². The molecule has 1 heterocycles. The molecule has 1 aliphatic rings. The third-order valence-corrected chi connectivity index (χ3v) is 3.95. The lowest BCUT2D eigenvalue weighted by Gasteiger charge is -2.36. The van der Waals surface area contributed by atoms with Crippen LogP contribution < -0.4 is 5.73 Å². The van der Waals surface area contributed by atoms with E-state index in [1.54, 1.807) is 7.11 Å². The van der Waals surface area contributed by atoms with Crippen molar-refractivity contribution >= 4 is 0 Å². The second-order valence-corrected chi connectivity index (χ2v) is 5.23. The Morgan fingerprint density at radius 3 is 2.76 bits per heavy atom. The number of hydrogen-bond acceptors (Lipinski definition) is 4. The summed E-state index contributed by atoms with van der Waals surface area (Å²) in [6.45, 7) is 9.67. The third-order valence-electron chi connectivity index (χ3n) is 3.95. The second-order valence-electron chi connectivity index (χ2n) is 5.23. The molecular formula is C13H28N2O2. The molecule has 0 saturated carbocycles. The standard InChI is InChI=1S/C13H28N2O2/c1-4-12(2)15(6-8-16-3)10-13(9-14)5-7-17-11-13/h12H,4-11,14H2,1-3H3. The SMILES string of the molecule is CCC(C)N(CCOC)CC1(CN)CCOC1. The number of hydrogen-bond donors (Lipinski definition) is 1. The molecule has 17 heavy (non-hydrogen) atoms. The van der Waals surface area contributed by atoms with E-state index in [-0.39, 0.29) is 5.41 Å². The van der Waals surface area contributed by atoms with Gasteiger partial charge >= 0.3 is 0 Å². The topological polar surface area (TPSA) is 47.7 Å². The van der Waals surface area contributed by atoms with Gasteiger partial charge in [-0.15, -0.1) is 0 Å². The summed E-state index contributed by atoms with van der Waals surface area (Å²) in [5.74, 6) is 0. The van der Waals surface area contributed by atoms with E-state index in [0.29, 0.717) is 12.6 Å². The maximum absolute atomic E-state index is 5.95. The average Bonchev–Trinajstić information content (AvgIpc) is 2.82. The monoisotopic (exact) mass is 244 g/mol. The number of rotatable bonds is 8. The second kappa shape index (κ2) is 7.31. The zero-order valence-electron chi connectivity index (χ0n) is 11.6. The summed E-state index contributed by atoms with van der Waals surface area (Å²) in [6, 6.07) is 0.578. The van der Waals surface area contributed by atoms with Gasteiger partial charge in [-0.05, 0) is 19.8 Å². The van der Waals surface area contributed by atoms with Crippen molar-refractivity contribution < 1.29 is 9.47 Å². The van der Waals surface area contributed by atoms with Crippen molar-refractivity contribution in [2.45, 2.75) is 32.7 Å². The summed E-state index contributed by atoms with van der Waals surface area (Å²) >= 11 is 0. The van der Waals surface area contributed by atoms with Gasteiger partial charge in [0.2, 0.25) is 0 Å². The molecular weight excluding hydrogens is 216 g/mol. The van der Waals surface area contributed by atoms with Gasteiger partial charge < -0.3 is 15.2 Å². The molecule has 2 atom stereocenters. The van der Waals surface area contributed by atoms with Gasteiger partial charge in [-0.2, -0.15) is 0 Å². The molecule has 2 N–H and O–H groups in total. The Balaban J connectivity index is 2.56. The number of methoxy groups -OCH3 is 1. The van der Waals surface area contributed by atoms with Gasteiger partial charge in [-0.1, -0.05) is 6.92 Å². The predicted molar refractivity (Wildman–Crippen MR) is 70.1 cm³/mol. The summed E-state index contributed by atoms with van der Waals surface area (Å²) in [7, 11) is 1.76. The Morgan fingerprint density at radius 1 is 1.53 bits per heavy atom. The van der Waals surface area contributed by atoms with Crippen molar-refractivity contribution in [2.75, 3.05) is 46.6 Å². The summed E-state index contributed by atoms with van der Waals surface area (Å²) in [5.41, 5.74) is 6.11. The van der Waals surface area contributed by atoms with Crippen LogP contribution in [0, 0.1) is 5.41 Å². The van der Waals surface area contributed by atoms with Gasteiger partial charge in [0.1, 0.15) is 0 Å². The largest absolute Gasteiger partial charge is 0.383 e. The van der Waals surface area contributed by atoms with Crippen molar-refractivity contribution in [2.24, 2.45) is 11.1 Å². The molecule has 4 nitrogen and oxygen atoms in total. The molecule has 0 radical (unpaired) electrons. The van der Waals surface area contributed by atoms with Crippen LogP contribution in [0.15, 0.2) is 0 Å². The fourth-order valence-corrected chi connectivity index (χ4v) is 2.35. The lowest BCUT2D eigenvalue weighted by molar-refractivity contribution is 0.0694. The van der Waals surface area contributed by atoms with Crippen LogP contribution >= 0.6 is 0 Å². The van der Waals surface area contributed by atoms with Crippen molar-refractivity contribution in [3.05, 3.63) is 0 Å². The van der Waals surface area contributed by atoms with Gasteiger partial charge in [0, 0.05) is 44.8 Å². The lowest BCUT2D eigenvalue weighted by atomic mass is 9.86. The zero-order valence-corrected chi connectivity index (χ0v) is 11.6. The molecule has 4 heteroatoms. The summed E-state index contributed by atoms with van der Waals surface area (Å²) in [5, 5.41) is 0. The van der Waals surface area contributed by atoms with Crippen molar-refractivity contribution in [3.8, 4) is 0 Å². The Kier molecular flexibility index (Phi) is 6.41. The molecule has 0 aromatic heterocycles. The molecule has 1 rings (SSSR count). The Bertz CT molecular complexity index is 206. The molecule has 2 unspecified atom stereocenters. The molecule has 0 aliphatic carbocycles. The molecule has 1 saturated heterocycles. The predicted octanol–water partition coefficient (Wildman–Crippen LogP) is 1.10. The van der Waals surface area contributed by atoms with Crippen LogP contribution in [-0.2, 0) is 9.47 Å². The third kappa shape index (κ3) is 4.21. The van der Waals surface area contributed by atoms with Gasteiger partial charge in [0.25, 0.3) is 0 Å². The Labute approximate surface area is 105 Å². The van der Waals surface area contributed by atoms with E-state index in [0.717, 1.165) is 45.8 Å². The van der Waals surface area contributed by atoms with E-state index in [2.05, 4.69) is 18.7 Å². The molecule has 1 aliphatic heterocycles. The molecule has 1 fully saturated rings. The molecule has 0 amide bonds. The van der Waals surface area contributed by atoms with Gasteiger partial charge in [0.15, 0.2) is 0 Å². The van der Waals surface area contributed by atoms with E-state index >= 15 is 0 Å². The normalized spacial score (nSPS) is 26.6. The summed E-state index contributed by atoms with van der Waals surface area (Å²) < 4.78 is 10.7. The number of ether oxygens (including phenoxy) is 2. The maximum atomic E-state index is 5.95. The highest BCUT2D eigenvalue weighted by Gasteiger charge is 2.36. The quantitative estimate of drug-likeness (QED) is 0.694. The first-order chi connectivity index (χ1) is 8.17. The minimum Gasteiger partial charge on any atom is -0.383 e. The molecule has 102 valence electrons. The van der Waals surface area contributed by atoms with Crippen molar-refractivity contribution in [1.29, 1.82) is 0 Å². The van der Waals surface area contributed by atoms with Crippen LogP contribution in [0.3, 0.4) is 0 Å². The fourth-order valence-electron chi connectivity index (χ4n) is 2.35. The Hall–Kier alpha value is -0.160. The smallest absolute Gasteiger partial charge is 0.0589 e. The molecule has 0 aromatic carbocycles. The molecule has 0 aromatic rings. The molecule has 0 spiro atoms. The summed E-state index contributed by atoms with van der Waals surface area (Å²) in [6.07, 6.45) is 2.24. The maximum Gasteiger partial charge on any atom is 0.0589 e. The highest BCUT2D eigenvalue weighted by atomic mass is 16.5. The van der Waals surface area contributed by atoms with Crippen LogP contribution in [0.2, 0.25) is 0 Å². The van der Waals surface area contributed by atoms with Gasteiger partial charge in [-0.25, -0.2) is 0 Å². The van der Waals surface area contributed by atoms with Crippen molar-refractivity contribution in [1.82, 2.24) is 4.90 Å². The minimum absolute atomic E-state index is 0.164. The average molecular weight is 244 g/mol. The van der Waals surface area contributed by atoms with Crippen LogP contribution in [0.1, 0.15) is 26.7 Å². The minimum atomic E-state index is 0.164. The zero-order chi connectivity index (χ0) is 12.7. The first-order valence-electron chi connectivity index (χ1n) is 6.68. The van der Waals surface area contributed by atoms with Crippen LogP contribution in [0.5, 0.6) is 0 Å². The van der Waals surface area contributed by atoms with E-state index in [1.165, 1.54) is 0 Å². The number of nitrogens with zero attached hydrogens (tertiary/aromatic N) is 1. The fraction of sp³-hybridized carbons (Fsp3) is 1.00. The summed E-state index contributed by atoms with van der Waals surface area (Å²) in [4.78, 5) is 2.49. The Morgan fingerprint density at radius 2 is 2.29 bits per heavy atom. The highest BCUT2D eigenvalue weighted by Crippen LogP contribution is 2.29. The number of nitrogens with two attached hydrogens (primary N) is 1. The van der Waals surface area contributed by atoms with Gasteiger partial charge in [0.05, 0.1) is 13.2 Å². The first-order valence-corrected chi connectivity index (χ1v) is 6.68. The van der Waals surface area contributed by atoms with Crippen molar-refractivity contribution in [3.63, 3.8) is 0 Å². The van der Waals surface area contributed by atoms with Crippen LogP contribution in [0.25, 0.3) is 0 Å². The van der Waals surface area contributed by atoms with Gasteiger partial charge in [-0.3, -0.25) is 4.90 Å². The van der Waals surface area contributed by atoms with Crippen LogP contribution in [0.4, 0.5) is 0 Å². The first kappa shape index (κ1) is 14.9.